The molecular formula is C28H57N7O4. The molecule has 2 atom stereocenters. The van der Waals surface area contributed by atoms with E-state index in [1.54, 1.807) is 0 Å². The number of nitrogens with one attached hydrogen (secondary N) is 3. The lowest BCUT2D eigenvalue weighted by atomic mass is 10.1. The van der Waals surface area contributed by atoms with Gasteiger partial charge in [-0.25, -0.2) is 0 Å². The van der Waals surface area contributed by atoms with Crippen molar-refractivity contribution in [2.24, 2.45) is 22.9 Å². The van der Waals surface area contributed by atoms with Gasteiger partial charge in [0.05, 0.1) is 0 Å². The number of nitrogens with two attached hydrogens (primary N) is 4. The summed E-state index contributed by atoms with van der Waals surface area (Å²) in [5.74, 6) is -0.898. The van der Waals surface area contributed by atoms with Gasteiger partial charge in [0.2, 0.25) is 23.6 Å². The maximum absolute atomic E-state index is 12.7. The van der Waals surface area contributed by atoms with E-state index in [-0.39, 0.29) is 17.7 Å². The van der Waals surface area contributed by atoms with Crippen LogP contribution in [0.15, 0.2) is 0 Å². The molecule has 0 aromatic carbocycles. The van der Waals surface area contributed by atoms with Crippen molar-refractivity contribution >= 4 is 23.6 Å². The normalized spacial score (nSPS) is 12.5. The fraction of sp³-hybridized carbons (Fsp3) is 0.857. The molecular weight excluding hydrogens is 498 g/mol. The molecule has 0 aromatic heterocycles. The predicted molar refractivity (Wildman–Crippen MR) is 156 cm³/mol. The van der Waals surface area contributed by atoms with E-state index in [9.17, 15) is 19.2 Å². The molecule has 11 nitrogen and oxygen atoms in total. The van der Waals surface area contributed by atoms with E-state index in [1.807, 2.05) is 0 Å². The molecule has 0 bridgehead atoms. The smallest absolute Gasteiger partial charge is 0.242 e. The lowest BCUT2D eigenvalue weighted by molar-refractivity contribution is -0.129. The van der Waals surface area contributed by atoms with E-state index in [4.69, 9.17) is 22.9 Å². The van der Waals surface area contributed by atoms with Gasteiger partial charge in [0.25, 0.3) is 0 Å². The summed E-state index contributed by atoms with van der Waals surface area (Å²) in [7, 11) is 0. The second-order valence-electron chi connectivity index (χ2n) is 10.3. The van der Waals surface area contributed by atoms with Crippen LogP contribution in [0.1, 0.15) is 116 Å². The fourth-order valence-electron chi connectivity index (χ4n) is 4.31. The molecule has 0 radical (unpaired) electrons. The first-order chi connectivity index (χ1) is 18.8. The Bertz CT molecular complexity index is 664. The third-order valence-electron chi connectivity index (χ3n) is 6.71. The van der Waals surface area contributed by atoms with Crippen LogP contribution in [0.25, 0.3) is 0 Å². The van der Waals surface area contributed by atoms with Crippen molar-refractivity contribution in [1.82, 2.24) is 16.0 Å². The van der Waals surface area contributed by atoms with E-state index < -0.39 is 18.0 Å². The largest absolute Gasteiger partial charge is 0.368 e. The van der Waals surface area contributed by atoms with Crippen molar-refractivity contribution in [2.45, 2.75) is 128 Å². The Morgan fingerprint density at radius 1 is 0.513 bits per heavy atom. The standard InChI is InChI=1S/C28H57N7O4/c29-19-11-5-1-3-7-18-26(37)35-24(16-10-13-21-31)28(39)33-22-14-6-2-4-8-17-25(36)34-23(27(32)38)15-9-12-20-30/h23-24H,1-22,29-31H2,(H2,32,38)(H,33,39)(H,34,36)(H,35,37). The topological polar surface area (TPSA) is 208 Å². The van der Waals surface area contributed by atoms with Crippen LogP contribution in [0.2, 0.25) is 0 Å². The SMILES string of the molecule is NCCCCCCCC(=O)NC(CCCCN)C(=O)NCCCCCCCC(=O)NC(CCCCN)C(N)=O. The number of carbonyl (C=O) groups is 4. The van der Waals surface area contributed by atoms with E-state index in [2.05, 4.69) is 16.0 Å². The quantitative estimate of drug-likeness (QED) is 0.0741. The van der Waals surface area contributed by atoms with Gasteiger partial charge in [-0.05, 0) is 83.8 Å². The van der Waals surface area contributed by atoms with E-state index in [1.165, 1.54) is 0 Å². The second kappa shape index (κ2) is 26.0. The third-order valence-corrected chi connectivity index (χ3v) is 6.71. The summed E-state index contributed by atoms with van der Waals surface area (Å²) in [4.78, 5) is 48.7. The van der Waals surface area contributed by atoms with Crippen molar-refractivity contribution in [3.05, 3.63) is 0 Å². The molecule has 11 N–H and O–H groups in total. The minimum Gasteiger partial charge on any atom is -0.368 e. The summed E-state index contributed by atoms with van der Waals surface area (Å²) in [6, 6.07) is -1.16. The maximum atomic E-state index is 12.7. The van der Waals surface area contributed by atoms with Gasteiger partial charge in [-0.1, -0.05) is 38.5 Å². The van der Waals surface area contributed by atoms with Gasteiger partial charge in [0, 0.05) is 19.4 Å². The van der Waals surface area contributed by atoms with Crippen LogP contribution < -0.4 is 38.9 Å². The Morgan fingerprint density at radius 2 is 0.923 bits per heavy atom. The number of hydrogen-bond acceptors (Lipinski definition) is 7. The third kappa shape index (κ3) is 22.3. The van der Waals surface area contributed by atoms with Crippen molar-refractivity contribution < 1.29 is 19.2 Å². The van der Waals surface area contributed by atoms with Crippen LogP contribution in [0.3, 0.4) is 0 Å². The van der Waals surface area contributed by atoms with Crippen LogP contribution in [-0.2, 0) is 19.2 Å². The molecule has 0 saturated heterocycles. The minimum atomic E-state index is -0.636. The predicted octanol–water partition coefficient (Wildman–Crippen LogP) is 1.46. The Balaban J connectivity index is 4.13. The molecule has 0 aliphatic heterocycles. The van der Waals surface area contributed by atoms with Crippen LogP contribution in [0.5, 0.6) is 0 Å². The number of carbonyl (C=O) groups excluding carboxylic acids is 4. The first-order valence-corrected chi connectivity index (χ1v) is 15.1. The molecule has 0 aromatic rings. The van der Waals surface area contributed by atoms with Crippen molar-refractivity contribution in [3.8, 4) is 0 Å². The van der Waals surface area contributed by atoms with Gasteiger partial charge in [-0.15, -0.1) is 0 Å². The molecule has 11 heteroatoms. The molecule has 0 saturated carbocycles. The highest BCUT2D eigenvalue weighted by Gasteiger charge is 2.20. The first kappa shape index (κ1) is 36.8. The molecule has 2 unspecified atom stereocenters. The monoisotopic (exact) mass is 555 g/mol. The van der Waals surface area contributed by atoms with Gasteiger partial charge < -0.3 is 38.9 Å². The van der Waals surface area contributed by atoms with Gasteiger partial charge in [-0.2, -0.15) is 0 Å². The number of rotatable bonds is 27. The lowest BCUT2D eigenvalue weighted by Crippen LogP contribution is -2.47. The minimum absolute atomic E-state index is 0.0801. The molecule has 0 rings (SSSR count). The first-order valence-electron chi connectivity index (χ1n) is 15.1. The zero-order chi connectivity index (χ0) is 29.1. The average molecular weight is 556 g/mol. The average Bonchev–Trinajstić information content (AvgIpc) is 2.90. The number of primary amides is 1. The summed E-state index contributed by atoms with van der Waals surface area (Å²) in [6.07, 6.45) is 14.3. The Morgan fingerprint density at radius 3 is 1.44 bits per heavy atom. The maximum Gasteiger partial charge on any atom is 0.242 e. The fourth-order valence-corrected chi connectivity index (χ4v) is 4.31. The molecule has 0 heterocycles. The Kier molecular flexibility index (Phi) is 24.5. The van der Waals surface area contributed by atoms with Crippen molar-refractivity contribution in [1.29, 1.82) is 0 Å². The number of hydrogen-bond donors (Lipinski definition) is 7. The highest BCUT2D eigenvalue weighted by Crippen LogP contribution is 2.08. The van der Waals surface area contributed by atoms with E-state index >= 15 is 0 Å². The van der Waals surface area contributed by atoms with Crippen LogP contribution in [0, 0.1) is 0 Å². The van der Waals surface area contributed by atoms with Gasteiger partial charge in [-0.3, -0.25) is 19.2 Å². The van der Waals surface area contributed by atoms with E-state index in [0.29, 0.717) is 51.9 Å². The van der Waals surface area contributed by atoms with Crippen molar-refractivity contribution in [3.63, 3.8) is 0 Å². The Hall–Kier alpha value is -2.24. The molecule has 228 valence electrons. The van der Waals surface area contributed by atoms with E-state index in [0.717, 1.165) is 89.9 Å². The molecule has 0 spiro atoms. The van der Waals surface area contributed by atoms with Gasteiger partial charge in [0.15, 0.2) is 0 Å². The van der Waals surface area contributed by atoms with Crippen molar-refractivity contribution in [2.75, 3.05) is 26.2 Å². The lowest BCUT2D eigenvalue weighted by Gasteiger charge is -2.18. The molecule has 4 amide bonds. The number of unbranched alkanes of at least 4 members (excludes halogenated alkanes) is 10. The zero-order valence-electron chi connectivity index (χ0n) is 24.2. The molecule has 0 aliphatic carbocycles. The summed E-state index contributed by atoms with van der Waals surface area (Å²) < 4.78 is 0. The molecule has 0 aliphatic rings. The summed E-state index contributed by atoms with van der Waals surface area (Å²) in [5, 5.41) is 8.58. The summed E-state index contributed by atoms with van der Waals surface area (Å²) in [6.45, 7) is 2.36. The van der Waals surface area contributed by atoms with Gasteiger partial charge >= 0.3 is 0 Å². The highest BCUT2D eigenvalue weighted by atomic mass is 16.2. The van der Waals surface area contributed by atoms with Crippen LogP contribution in [-0.4, -0.2) is 61.9 Å². The molecule has 0 fully saturated rings. The second-order valence-corrected chi connectivity index (χ2v) is 10.3. The van der Waals surface area contributed by atoms with Gasteiger partial charge in [0.1, 0.15) is 12.1 Å². The Labute approximate surface area is 235 Å². The number of amides is 4. The molecule has 39 heavy (non-hydrogen) atoms. The van der Waals surface area contributed by atoms with Crippen LogP contribution in [0.4, 0.5) is 0 Å². The zero-order valence-corrected chi connectivity index (χ0v) is 24.2. The summed E-state index contributed by atoms with van der Waals surface area (Å²) in [5.41, 5.74) is 21.9. The highest BCUT2D eigenvalue weighted by molar-refractivity contribution is 5.87. The van der Waals surface area contributed by atoms with Crippen LogP contribution >= 0.6 is 0 Å². The summed E-state index contributed by atoms with van der Waals surface area (Å²) >= 11 is 0.